The summed E-state index contributed by atoms with van der Waals surface area (Å²) in [6, 6.07) is 13.3. The Hall–Kier alpha value is -3.16. The number of nitrogens with zero attached hydrogens (tertiary/aromatic N) is 1. The molecule has 0 fully saturated rings. The largest absolute Gasteiger partial charge is 0.454 e. The Morgan fingerprint density at radius 1 is 1.00 bits per heavy atom. The lowest BCUT2D eigenvalue weighted by Gasteiger charge is -2.10. The number of carbonyl (C=O) groups is 2. The zero-order valence-electron chi connectivity index (χ0n) is 15.0. The van der Waals surface area contributed by atoms with Gasteiger partial charge in [0.15, 0.2) is 5.58 Å². The fraction of sp³-hybridized carbons (Fsp3) is 0.0909. The summed E-state index contributed by atoms with van der Waals surface area (Å²) in [5.41, 5.74) is 3.45. The molecule has 2 N–H and O–H groups in total. The van der Waals surface area contributed by atoms with Crippen LogP contribution in [0.25, 0.3) is 43.7 Å². The molecular weight excluding hydrogens is 436 g/mol. The highest BCUT2D eigenvalue weighted by Gasteiger charge is 2.41. The zero-order valence-corrected chi connectivity index (χ0v) is 16.5. The third-order valence-electron chi connectivity index (χ3n) is 5.58. The van der Waals surface area contributed by atoms with Gasteiger partial charge in [0.25, 0.3) is 11.8 Å². The van der Waals surface area contributed by atoms with Gasteiger partial charge in [-0.15, -0.1) is 0 Å². The summed E-state index contributed by atoms with van der Waals surface area (Å²) in [4.78, 5) is 31.0. The van der Waals surface area contributed by atoms with Crippen molar-refractivity contribution in [3.63, 3.8) is 0 Å². The van der Waals surface area contributed by atoms with E-state index in [1.807, 2.05) is 42.5 Å². The van der Waals surface area contributed by atoms with Crippen molar-refractivity contribution < 1.29 is 19.1 Å². The van der Waals surface area contributed by atoms with E-state index < -0.39 is 5.91 Å². The molecule has 29 heavy (non-hydrogen) atoms. The van der Waals surface area contributed by atoms with Crippen LogP contribution in [0, 0.1) is 0 Å². The van der Waals surface area contributed by atoms with E-state index in [0.717, 1.165) is 25.7 Å². The number of benzene rings is 3. The Labute approximate surface area is 171 Å². The van der Waals surface area contributed by atoms with E-state index in [1.165, 1.54) is 0 Å². The van der Waals surface area contributed by atoms with Crippen molar-refractivity contribution in [1.82, 2.24) is 9.88 Å². The first-order valence-electron chi connectivity index (χ1n) is 9.15. The average molecular weight is 449 g/mol. The van der Waals surface area contributed by atoms with E-state index in [-0.39, 0.29) is 19.1 Å². The molecule has 3 aromatic carbocycles. The van der Waals surface area contributed by atoms with Crippen molar-refractivity contribution in [1.29, 1.82) is 0 Å². The van der Waals surface area contributed by atoms with Crippen LogP contribution in [-0.4, -0.2) is 40.0 Å². The van der Waals surface area contributed by atoms with Gasteiger partial charge in [0.05, 0.1) is 29.8 Å². The van der Waals surface area contributed by atoms with E-state index >= 15 is 0 Å². The van der Waals surface area contributed by atoms with Gasteiger partial charge in [0.2, 0.25) is 0 Å². The summed E-state index contributed by atoms with van der Waals surface area (Å²) in [6.07, 6.45) is 0. The first kappa shape index (κ1) is 16.8. The second kappa shape index (κ2) is 5.68. The first-order valence-corrected chi connectivity index (χ1v) is 9.94. The summed E-state index contributed by atoms with van der Waals surface area (Å²) in [6.45, 7) is -0.330. The number of para-hydroxylation sites is 1. The zero-order chi connectivity index (χ0) is 19.9. The highest BCUT2D eigenvalue weighted by molar-refractivity contribution is 9.10. The number of halogens is 1. The maximum Gasteiger partial charge on any atom is 0.262 e. The lowest BCUT2D eigenvalue weighted by molar-refractivity contribution is 0.0625. The van der Waals surface area contributed by atoms with Crippen molar-refractivity contribution in [3.8, 4) is 0 Å². The summed E-state index contributed by atoms with van der Waals surface area (Å²) in [7, 11) is 0. The van der Waals surface area contributed by atoms with Crippen molar-refractivity contribution >= 4 is 71.5 Å². The lowest BCUT2D eigenvalue weighted by atomic mass is 9.97. The van der Waals surface area contributed by atoms with E-state index in [9.17, 15) is 14.7 Å². The number of aromatic nitrogens is 1. The topological polar surface area (TPSA) is 86.5 Å². The van der Waals surface area contributed by atoms with Crippen LogP contribution in [0.5, 0.6) is 0 Å². The molecule has 7 heteroatoms. The third kappa shape index (κ3) is 2.03. The van der Waals surface area contributed by atoms with Gasteiger partial charge in [-0.2, -0.15) is 0 Å². The minimum absolute atomic E-state index is 0.0426. The Kier molecular flexibility index (Phi) is 3.29. The standard InChI is InChI=1S/C22H13BrN2O4/c23-10-5-6-12-14(9-10)29-20-16(12)18-17(21(27)25(7-8-26)22(18)28)15-11-3-1-2-4-13(11)24-19(15)20/h1-6,9,24,26H,7-8H2. The van der Waals surface area contributed by atoms with Crippen LogP contribution in [0.2, 0.25) is 0 Å². The number of β-amino-alcohol motifs (C(OH)–C–C–N with tert-alkyl or cyclic N) is 1. The molecule has 0 bridgehead atoms. The number of carbonyl (C=O) groups excluding carboxylic acids is 2. The molecule has 1 aliphatic heterocycles. The average Bonchev–Trinajstić information content (AvgIpc) is 3.34. The molecule has 0 aliphatic carbocycles. The number of furan rings is 1. The second-order valence-corrected chi connectivity index (χ2v) is 8.02. The number of amides is 2. The summed E-state index contributed by atoms with van der Waals surface area (Å²) >= 11 is 3.46. The van der Waals surface area contributed by atoms with E-state index in [0.29, 0.717) is 38.6 Å². The Balaban J connectivity index is 1.91. The van der Waals surface area contributed by atoms with Crippen molar-refractivity contribution in [2.45, 2.75) is 0 Å². The van der Waals surface area contributed by atoms with E-state index in [2.05, 4.69) is 20.9 Å². The molecule has 0 unspecified atom stereocenters. The maximum absolute atomic E-state index is 13.3. The number of aliphatic hydroxyl groups is 1. The summed E-state index contributed by atoms with van der Waals surface area (Å²) in [5.74, 6) is -0.788. The molecule has 0 radical (unpaired) electrons. The third-order valence-corrected chi connectivity index (χ3v) is 6.07. The molecule has 2 amide bonds. The van der Waals surface area contributed by atoms with Gasteiger partial charge >= 0.3 is 0 Å². The number of imide groups is 1. The van der Waals surface area contributed by atoms with E-state index in [4.69, 9.17) is 4.42 Å². The predicted molar refractivity (Wildman–Crippen MR) is 113 cm³/mol. The fourth-order valence-electron chi connectivity index (χ4n) is 4.41. The summed E-state index contributed by atoms with van der Waals surface area (Å²) < 4.78 is 7.05. The number of aromatic amines is 1. The van der Waals surface area contributed by atoms with Crippen LogP contribution in [0.4, 0.5) is 0 Å². The molecule has 2 aromatic heterocycles. The van der Waals surface area contributed by atoms with Crippen molar-refractivity contribution in [2.24, 2.45) is 0 Å². The number of aliphatic hydroxyl groups excluding tert-OH is 1. The van der Waals surface area contributed by atoms with Crippen LogP contribution in [0.15, 0.2) is 51.4 Å². The van der Waals surface area contributed by atoms with Gasteiger partial charge in [-0.05, 0) is 24.3 Å². The number of H-pyrrole nitrogens is 1. The van der Waals surface area contributed by atoms with Crippen LogP contribution < -0.4 is 0 Å². The Bertz CT molecular complexity index is 1530. The fourth-order valence-corrected chi connectivity index (χ4v) is 4.75. The Morgan fingerprint density at radius 3 is 2.55 bits per heavy atom. The highest BCUT2D eigenvalue weighted by atomic mass is 79.9. The number of hydrogen-bond donors (Lipinski definition) is 2. The number of hydrogen-bond acceptors (Lipinski definition) is 4. The normalized spacial score (nSPS) is 14.2. The minimum Gasteiger partial charge on any atom is -0.454 e. The number of rotatable bonds is 2. The van der Waals surface area contributed by atoms with Gasteiger partial charge in [-0.1, -0.05) is 34.1 Å². The van der Waals surface area contributed by atoms with Crippen molar-refractivity contribution in [3.05, 3.63) is 58.1 Å². The molecule has 0 saturated heterocycles. The van der Waals surface area contributed by atoms with Crippen LogP contribution in [-0.2, 0) is 0 Å². The smallest absolute Gasteiger partial charge is 0.262 e. The Morgan fingerprint density at radius 2 is 1.76 bits per heavy atom. The van der Waals surface area contributed by atoms with Crippen LogP contribution in [0.1, 0.15) is 20.7 Å². The molecule has 0 atom stereocenters. The van der Waals surface area contributed by atoms with Gasteiger partial charge in [0.1, 0.15) is 5.58 Å². The number of fused-ring (bicyclic) bond motifs is 10. The molecule has 0 saturated carbocycles. The maximum atomic E-state index is 13.3. The second-order valence-electron chi connectivity index (χ2n) is 7.10. The van der Waals surface area contributed by atoms with Crippen LogP contribution >= 0.6 is 15.9 Å². The molecule has 6 rings (SSSR count). The molecule has 142 valence electrons. The monoisotopic (exact) mass is 448 g/mol. The van der Waals surface area contributed by atoms with Gasteiger partial charge in [0, 0.05) is 31.5 Å². The van der Waals surface area contributed by atoms with Gasteiger partial charge in [-0.3, -0.25) is 14.5 Å². The number of nitrogens with one attached hydrogen (secondary N) is 1. The molecular formula is C22H13BrN2O4. The van der Waals surface area contributed by atoms with E-state index in [1.54, 1.807) is 0 Å². The molecule has 1 aliphatic rings. The van der Waals surface area contributed by atoms with Gasteiger partial charge < -0.3 is 14.5 Å². The van der Waals surface area contributed by atoms with Crippen LogP contribution in [0.3, 0.4) is 0 Å². The van der Waals surface area contributed by atoms with Gasteiger partial charge in [-0.25, -0.2) is 0 Å². The SMILES string of the molecule is O=C1c2c(c3c4ccc(Br)cc4oc3c3[nH]c4ccccc4c23)C(=O)N1CCO. The predicted octanol–water partition coefficient (Wildman–Crippen LogP) is 4.57. The molecule has 5 aromatic rings. The van der Waals surface area contributed by atoms with Crippen molar-refractivity contribution in [2.75, 3.05) is 13.2 Å². The highest BCUT2D eigenvalue weighted by Crippen LogP contribution is 2.45. The first-order chi connectivity index (χ1) is 14.1. The minimum atomic E-state index is -0.401. The molecule has 6 nitrogen and oxygen atoms in total. The molecule has 0 spiro atoms. The molecule has 3 heterocycles. The lowest BCUT2D eigenvalue weighted by Crippen LogP contribution is -2.32. The summed E-state index contributed by atoms with van der Waals surface area (Å²) in [5, 5.41) is 12.3. The quantitative estimate of drug-likeness (QED) is 0.387.